The van der Waals surface area contributed by atoms with Crippen LogP contribution in [0.25, 0.3) is 45.3 Å². The minimum Gasteiger partial charge on any atom is -0.333 e. The maximum Gasteiger partial charge on any atom is 0.164 e. The van der Waals surface area contributed by atoms with E-state index in [0.29, 0.717) is 17.5 Å². The summed E-state index contributed by atoms with van der Waals surface area (Å²) in [6.45, 7) is 0. The zero-order valence-electron chi connectivity index (χ0n) is 31.6. The molecule has 1 aromatic heterocycles. The normalized spacial score (nSPS) is 15.2. The third kappa shape index (κ3) is 5.75. The summed E-state index contributed by atoms with van der Waals surface area (Å²) in [6.07, 6.45) is 0. The summed E-state index contributed by atoms with van der Waals surface area (Å²) in [5.74, 6) is 2.05. The van der Waals surface area contributed by atoms with Crippen LogP contribution in [-0.2, 0) is 0 Å². The molecule has 11 rings (SSSR count). The Morgan fingerprint density at radius 1 is 0.310 bits per heavy atom. The van der Waals surface area contributed by atoms with Gasteiger partial charge >= 0.3 is 0 Å². The highest BCUT2D eigenvalue weighted by Gasteiger charge is 2.45. The second kappa shape index (κ2) is 14.1. The molecule has 5 heteroatoms. The first-order valence-corrected chi connectivity index (χ1v) is 19.8. The van der Waals surface area contributed by atoms with Gasteiger partial charge in [0.15, 0.2) is 17.5 Å². The molecule has 1 unspecified atom stereocenters. The molecule has 9 aromatic rings. The molecule has 2 aliphatic rings. The quantitative estimate of drug-likeness (QED) is 0.170. The van der Waals surface area contributed by atoms with Crippen molar-refractivity contribution in [3.05, 3.63) is 229 Å². The summed E-state index contributed by atoms with van der Waals surface area (Å²) in [7, 11) is 0. The van der Waals surface area contributed by atoms with Crippen LogP contribution in [-0.4, -0.2) is 15.0 Å². The van der Waals surface area contributed by atoms with Gasteiger partial charge in [-0.15, -0.1) is 0 Å². The second-order valence-electron chi connectivity index (χ2n) is 14.8. The van der Waals surface area contributed by atoms with Gasteiger partial charge in [-0.1, -0.05) is 164 Å². The second-order valence-corrected chi connectivity index (χ2v) is 14.8. The molecule has 2 atom stereocenters. The fraction of sp³-hybridized carbons (Fsp3) is 0.0377. The first-order chi connectivity index (χ1) is 28.8. The number of benzene rings is 8. The van der Waals surface area contributed by atoms with Crippen molar-refractivity contribution in [2.75, 3.05) is 9.80 Å². The van der Waals surface area contributed by atoms with Crippen LogP contribution in [0.5, 0.6) is 0 Å². The first kappa shape index (κ1) is 33.7. The zero-order valence-corrected chi connectivity index (χ0v) is 31.6. The van der Waals surface area contributed by atoms with Crippen LogP contribution in [0, 0.1) is 0 Å². The minimum atomic E-state index is 0.0592. The highest BCUT2D eigenvalue weighted by molar-refractivity contribution is 5.89. The molecule has 58 heavy (non-hydrogen) atoms. The molecule has 0 radical (unpaired) electrons. The Labute approximate surface area is 338 Å². The van der Waals surface area contributed by atoms with Gasteiger partial charge < -0.3 is 9.80 Å². The highest BCUT2D eigenvalue weighted by atomic mass is 15.2. The molecule has 2 aliphatic heterocycles. The number of aromatic nitrogens is 3. The standard InChI is InChI=1S/C53H37N5/c1-4-18-36(19-5-1)51-54-52(37-20-6-2-7-21-37)56-53(55-51)40-24-16-22-38(34-40)39-23-17-27-42(35-39)57-46-31-13-10-28-43(46)49-44-29-11-14-32-47(44)58(41-25-8-3-9-26-41)50(49)45-30-12-15-33-48(45)57/h1-35,49-50H/t49?,50-/m0/s1. The first-order valence-electron chi connectivity index (χ1n) is 19.8. The molecule has 0 bridgehead atoms. The largest absolute Gasteiger partial charge is 0.333 e. The van der Waals surface area contributed by atoms with Crippen LogP contribution in [0.2, 0.25) is 0 Å². The van der Waals surface area contributed by atoms with E-state index in [1.54, 1.807) is 0 Å². The Hall–Kier alpha value is -7.63. The predicted molar refractivity (Wildman–Crippen MR) is 236 cm³/mol. The average Bonchev–Trinajstić information content (AvgIpc) is 3.59. The number of nitrogens with zero attached hydrogens (tertiary/aromatic N) is 5. The van der Waals surface area contributed by atoms with E-state index < -0.39 is 0 Å². The van der Waals surface area contributed by atoms with Crippen LogP contribution in [0.3, 0.4) is 0 Å². The van der Waals surface area contributed by atoms with E-state index in [2.05, 4.69) is 161 Å². The van der Waals surface area contributed by atoms with Crippen LogP contribution in [0.4, 0.5) is 28.4 Å². The van der Waals surface area contributed by atoms with E-state index in [4.69, 9.17) is 15.0 Å². The van der Waals surface area contributed by atoms with Crippen LogP contribution < -0.4 is 9.80 Å². The van der Waals surface area contributed by atoms with Crippen molar-refractivity contribution in [2.24, 2.45) is 0 Å². The number of hydrogen-bond acceptors (Lipinski definition) is 5. The van der Waals surface area contributed by atoms with Gasteiger partial charge in [-0.25, -0.2) is 15.0 Å². The fourth-order valence-corrected chi connectivity index (χ4v) is 8.89. The van der Waals surface area contributed by atoms with Crippen molar-refractivity contribution in [1.29, 1.82) is 0 Å². The molecule has 0 N–H and O–H groups in total. The van der Waals surface area contributed by atoms with E-state index in [1.807, 2.05) is 60.7 Å². The van der Waals surface area contributed by atoms with Crippen molar-refractivity contribution < 1.29 is 0 Å². The third-order valence-electron chi connectivity index (χ3n) is 11.4. The van der Waals surface area contributed by atoms with E-state index in [1.165, 1.54) is 39.4 Å². The molecule has 274 valence electrons. The lowest BCUT2D eigenvalue weighted by atomic mass is 9.84. The molecule has 0 saturated carbocycles. The molecule has 0 fully saturated rings. The number of rotatable bonds is 6. The summed E-state index contributed by atoms with van der Waals surface area (Å²) in [6, 6.07) is 75.4. The smallest absolute Gasteiger partial charge is 0.164 e. The van der Waals surface area contributed by atoms with Crippen LogP contribution >= 0.6 is 0 Å². The molecule has 3 heterocycles. The van der Waals surface area contributed by atoms with Gasteiger partial charge in [-0.2, -0.15) is 0 Å². The van der Waals surface area contributed by atoms with E-state index >= 15 is 0 Å². The summed E-state index contributed by atoms with van der Waals surface area (Å²) < 4.78 is 0. The van der Waals surface area contributed by atoms with Gasteiger partial charge in [-0.3, -0.25) is 0 Å². The van der Waals surface area contributed by atoms with Crippen molar-refractivity contribution in [2.45, 2.75) is 12.0 Å². The van der Waals surface area contributed by atoms with Crippen LogP contribution in [0.1, 0.15) is 28.7 Å². The molecule has 0 saturated heterocycles. The number of hydrogen-bond donors (Lipinski definition) is 0. The summed E-state index contributed by atoms with van der Waals surface area (Å²) in [4.78, 5) is 20.0. The van der Waals surface area contributed by atoms with Crippen molar-refractivity contribution in [3.8, 4) is 45.3 Å². The monoisotopic (exact) mass is 743 g/mol. The Balaban J connectivity index is 1.04. The van der Waals surface area contributed by atoms with Crippen molar-refractivity contribution in [1.82, 2.24) is 15.0 Å². The fourth-order valence-electron chi connectivity index (χ4n) is 8.89. The number of para-hydroxylation sites is 4. The summed E-state index contributed by atoms with van der Waals surface area (Å²) in [5.41, 5.74) is 14.9. The van der Waals surface area contributed by atoms with E-state index in [0.717, 1.165) is 33.5 Å². The van der Waals surface area contributed by atoms with E-state index in [9.17, 15) is 0 Å². The molecule has 0 spiro atoms. The van der Waals surface area contributed by atoms with Gasteiger partial charge in [0.2, 0.25) is 0 Å². The molecule has 8 aromatic carbocycles. The highest BCUT2D eigenvalue weighted by Crippen LogP contribution is 2.61. The molecular weight excluding hydrogens is 707 g/mol. The molecule has 0 aliphatic carbocycles. The van der Waals surface area contributed by atoms with Gasteiger partial charge in [0.25, 0.3) is 0 Å². The maximum absolute atomic E-state index is 5.02. The van der Waals surface area contributed by atoms with Gasteiger partial charge in [0.1, 0.15) is 0 Å². The molecule has 5 nitrogen and oxygen atoms in total. The summed E-state index contributed by atoms with van der Waals surface area (Å²) >= 11 is 0. The predicted octanol–water partition coefficient (Wildman–Crippen LogP) is 13.3. The lowest BCUT2D eigenvalue weighted by Gasteiger charge is -2.32. The topological polar surface area (TPSA) is 45.2 Å². The van der Waals surface area contributed by atoms with Crippen molar-refractivity contribution in [3.63, 3.8) is 0 Å². The van der Waals surface area contributed by atoms with Gasteiger partial charge in [-0.05, 0) is 76.3 Å². The van der Waals surface area contributed by atoms with Gasteiger partial charge in [0.05, 0.1) is 17.4 Å². The maximum atomic E-state index is 5.02. The molecular formula is C53H37N5. The lowest BCUT2D eigenvalue weighted by molar-refractivity contribution is 0.665. The van der Waals surface area contributed by atoms with Crippen molar-refractivity contribution >= 4 is 28.4 Å². The number of anilines is 5. The van der Waals surface area contributed by atoms with E-state index in [-0.39, 0.29) is 12.0 Å². The molecule has 0 amide bonds. The Kier molecular flexibility index (Phi) is 8.21. The number of fused-ring (bicyclic) bond motifs is 7. The van der Waals surface area contributed by atoms with Crippen LogP contribution in [0.15, 0.2) is 212 Å². The zero-order chi connectivity index (χ0) is 38.4. The Morgan fingerprint density at radius 2 is 0.724 bits per heavy atom. The average molecular weight is 744 g/mol. The SMILES string of the molecule is c1ccc(-c2nc(-c3ccccc3)nc(-c3cccc(-c4cccc(N5c6ccccc6C6c7ccccc7N(c7ccccc7)[C@H]6c6ccccc65)c4)c3)n2)cc1. The summed E-state index contributed by atoms with van der Waals surface area (Å²) in [5, 5.41) is 0. The lowest BCUT2D eigenvalue weighted by Crippen LogP contribution is -2.22. The minimum absolute atomic E-state index is 0.0592. The Morgan fingerprint density at radius 3 is 1.36 bits per heavy atom. The Bertz CT molecular complexity index is 2870. The van der Waals surface area contributed by atoms with Gasteiger partial charge in [0, 0.05) is 39.7 Å². The third-order valence-corrected chi connectivity index (χ3v) is 11.4.